The van der Waals surface area contributed by atoms with Crippen molar-refractivity contribution in [3.63, 3.8) is 0 Å². The minimum absolute atomic E-state index is 0.108. The molecule has 0 amide bonds. The van der Waals surface area contributed by atoms with E-state index >= 15 is 0 Å². The fourth-order valence-electron chi connectivity index (χ4n) is 3.71. The van der Waals surface area contributed by atoms with Crippen LogP contribution in [0.15, 0.2) is 89.1 Å². The highest BCUT2D eigenvalue weighted by Gasteiger charge is 2.26. The van der Waals surface area contributed by atoms with Crippen LogP contribution in [-0.2, 0) is 0 Å². The molecule has 3 heteroatoms. The molecule has 1 aliphatic rings. The Labute approximate surface area is 181 Å². The third-order valence-corrected chi connectivity index (χ3v) is 5.53. The van der Waals surface area contributed by atoms with Gasteiger partial charge in [0.15, 0.2) is 0 Å². The van der Waals surface area contributed by atoms with Crippen molar-refractivity contribution >= 4 is 11.8 Å². The third-order valence-electron chi connectivity index (χ3n) is 5.53. The Morgan fingerprint density at radius 1 is 1.00 bits per heavy atom. The highest BCUT2D eigenvalue weighted by Crippen LogP contribution is 2.40. The van der Waals surface area contributed by atoms with Crippen LogP contribution >= 0.6 is 0 Å². The number of non-ortho nitro benzene ring substituents is 1. The van der Waals surface area contributed by atoms with E-state index in [-0.39, 0.29) is 16.0 Å². The van der Waals surface area contributed by atoms with Crippen LogP contribution in [0.3, 0.4) is 0 Å². The molecule has 1 aliphatic carbocycles. The molecule has 0 N–H and O–H groups in total. The van der Waals surface area contributed by atoms with Crippen LogP contribution in [0, 0.1) is 15.5 Å². The van der Waals surface area contributed by atoms with E-state index in [1.54, 1.807) is 12.1 Å². The summed E-state index contributed by atoms with van der Waals surface area (Å²) in [5.41, 5.74) is 6.67. The van der Waals surface area contributed by atoms with E-state index in [9.17, 15) is 10.1 Å². The molecule has 0 unspecified atom stereocenters. The van der Waals surface area contributed by atoms with E-state index in [2.05, 4.69) is 65.0 Å². The van der Waals surface area contributed by atoms with Gasteiger partial charge in [-0.1, -0.05) is 79.2 Å². The van der Waals surface area contributed by atoms with Gasteiger partial charge in [0, 0.05) is 12.1 Å². The van der Waals surface area contributed by atoms with E-state index in [0.717, 1.165) is 11.1 Å². The van der Waals surface area contributed by atoms with Crippen LogP contribution < -0.4 is 0 Å². The summed E-state index contributed by atoms with van der Waals surface area (Å²) in [6.45, 7) is 11.1. The van der Waals surface area contributed by atoms with Gasteiger partial charge in [0.25, 0.3) is 5.69 Å². The Bertz CT molecular complexity index is 936. The SMILES string of the molecule is CC1=C(/C=C/C(C)=C/C=C/C(C)=C/C=C/c2ccc([N+](=O)[O-])cc2)C(C)(C)CCC1. The molecule has 0 heterocycles. The van der Waals surface area contributed by atoms with Gasteiger partial charge in [-0.05, 0) is 68.7 Å². The van der Waals surface area contributed by atoms with E-state index < -0.39 is 0 Å². The lowest BCUT2D eigenvalue weighted by Crippen LogP contribution is -2.19. The van der Waals surface area contributed by atoms with Crippen LogP contribution in [0.25, 0.3) is 6.08 Å². The van der Waals surface area contributed by atoms with Crippen molar-refractivity contribution in [3.05, 3.63) is 105 Å². The lowest BCUT2D eigenvalue weighted by molar-refractivity contribution is -0.384. The van der Waals surface area contributed by atoms with Crippen LogP contribution in [0.4, 0.5) is 5.69 Å². The number of nitro groups is 1. The predicted octanol–water partition coefficient (Wildman–Crippen LogP) is 8.14. The number of benzene rings is 1. The number of hydrogen-bond acceptors (Lipinski definition) is 2. The first-order valence-corrected chi connectivity index (χ1v) is 10.5. The quantitative estimate of drug-likeness (QED) is 0.262. The van der Waals surface area contributed by atoms with Gasteiger partial charge in [-0.15, -0.1) is 0 Å². The Balaban J connectivity index is 1.95. The summed E-state index contributed by atoms with van der Waals surface area (Å²) >= 11 is 0. The number of allylic oxidation sites excluding steroid dienone is 11. The third kappa shape index (κ3) is 7.14. The molecule has 0 atom stereocenters. The van der Waals surface area contributed by atoms with E-state index in [1.165, 1.54) is 48.1 Å². The van der Waals surface area contributed by atoms with Gasteiger partial charge >= 0.3 is 0 Å². The maximum absolute atomic E-state index is 10.7. The van der Waals surface area contributed by atoms with Gasteiger partial charge in [0.1, 0.15) is 0 Å². The molecule has 1 aromatic rings. The second kappa shape index (κ2) is 10.7. The van der Waals surface area contributed by atoms with Crippen molar-refractivity contribution in [3.8, 4) is 0 Å². The summed E-state index contributed by atoms with van der Waals surface area (Å²) in [5, 5.41) is 10.7. The number of nitrogens with zero attached hydrogens (tertiary/aromatic N) is 1. The summed E-state index contributed by atoms with van der Waals surface area (Å²) in [6.07, 6.45) is 20.4. The first-order valence-electron chi connectivity index (χ1n) is 10.5. The Morgan fingerprint density at radius 3 is 2.27 bits per heavy atom. The zero-order valence-corrected chi connectivity index (χ0v) is 18.8. The highest BCUT2D eigenvalue weighted by molar-refractivity contribution is 5.53. The van der Waals surface area contributed by atoms with Gasteiger partial charge < -0.3 is 0 Å². The maximum Gasteiger partial charge on any atom is 0.269 e. The summed E-state index contributed by atoms with van der Waals surface area (Å²) in [5.74, 6) is 0. The van der Waals surface area contributed by atoms with Crippen LogP contribution in [0.2, 0.25) is 0 Å². The maximum atomic E-state index is 10.7. The largest absolute Gasteiger partial charge is 0.269 e. The summed E-state index contributed by atoms with van der Waals surface area (Å²) < 4.78 is 0. The first kappa shape index (κ1) is 23.3. The lowest BCUT2D eigenvalue weighted by atomic mass is 9.72. The molecule has 3 nitrogen and oxygen atoms in total. The molecule has 0 spiro atoms. The second-order valence-electron chi connectivity index (χ2n) is 8.65. The van der Waals surface area contributed by atoms with Gasteiger partial charge in [-0.25, -0.2) is 0 Å². The molecule has 0 saturated carbocycles. The fourth-order valence-corrected chi connectivity index (χ4v) is 3.71. The molecule has 2 rings (SSSR count). The Hall–Kier alpha value is -2.94. The zero-order chi connectivity index (χ0) is 22.1. The van der Waals surface area contributed by atoms with Gasteiger partial charge in [0.05, 0.1) is 4.92 Å². The minimum atomic E-state index is -0.388. The van der Waals surface area contributed by atoms with Crippen LogP contribution in [0.1, 0.15) is 59.4 Å². The topological polar surface area (TPSA) is 43.1 Å². The Kier molecular flexibility index (Phi) is 8.35. The minimum Gasteiger partial charge on any atom is -0.258 e. The molecular formula is C27H33NO2. The Morgan fingerprint density at radius 2 is 1.63 bits per heavy atom. The van der Waals surface area contributed by atoms with Crippen LogP contribution in [-0.4, -0.2) is 4.92 Å². The van der Waals surface area contributed by atoms with Gasteiger partial charge in [-0.2, -0.15) is 0 Å². The van der Waals surface area contributed by atoms with E-state index in [1.807, 2.05) is 18.2 Å². The van der Waals surface area contributed by atoms with E-state index in [0.29, 0.717) is 0 Å². The molecule has 0 aliphatic heterocycles. The van der Waals surface area contributed by atoms with E-state index in [4.69, 9.17) is 0 Å². The van der Waals surface area contributed by atoms with Crippen molar-refractivity contribution in [2.75, 3.05) is 0 Å². The molecule has 0 bridgehead atoms. The molecule has 0 fully saturated rings. The monoisotopic (exact) mass is 403 g/mol. The molecule has 0 radical (unpaired) electrons. The second-order valence-corrected chi connectivity index (χ2v) is 8.65. The summed E-state index contributed by atoms with van der Waals surface area (Å²) in [6, 6.07) is 6.53. The highest BCUT2D eigenvalue weighted by atomic mass is 16.6. The van der Waals surface area contributed by atoms with Crippen LogP contribution in [0.5, 0.6) is 0 Å². The van der Waals surface area contributed by atoms with Crippen molar-refractivity contribution < 1.29 is 4.92 Å². The zero-order valence-electron chi connectivity index (χ0n) is 18.8. The van der Waals surface area contributed by atoms with Crippen molar-refractivity contribution in [1.29, 1.82) is 0 Å². The average Bonchev–Trinajstić information content (AvgIpc) is 2.67. The molecule has 0 saturated heterocycles. The van der Waals surface area contributed by atoms with Crippen molar-refractivity contribution in [1.82, 2.24) is 0 Å². The standard InChI is InChI=1S/C27H33NO2/c1-21(11-7-13-24-15-17-25(18-16-24)28(29)30)9-6-10-22(2)14-19-26-23(3)12-8-20-27(26,4)5/h6-7,9-11,13-19H,8,12,20H2,1-5H3/b9-6+,13-7+,19-14+,21-11+,22-10+. The molecule has 1 aromatic carbocycles. The number of rotatable bonds is 7. The van der Waals surface area contributed by atoms with Gasteiger partial charge in [0.2, 0.25) is 0 Å². The molecule has 30 heavy (non-hydrogen) atoms. The summed E-state index contributed by atoms with van der Waals surface area (Å²) in [7, 11) is 0. The van der Waals surface area contributed by atoms with Crippen molar-refractivity contribution in [2.45, 2.75) is 53.9 Å². The molecule has 158 valence electrons. The smallest absolute Gasteiger partial charge is 0.258 e. The number of nitro benzene ring substituents is 1. The summed E-state index contributed by atoms with van der Waals surface area (Å²) in [4.78, 5) is 10.3. The molecule has 0 aromatic heterocycles. The normalized spacial score (nSPS) is 18.2. The predicted molar refractivity (Wildman–Crippen MR) is 128 cm³/mol. The van der Waals surface area contributed by atoms with Crippen molar-refractivity contribution in [2.24, 2.45) is 5.41 Å². The lowest BCUT2D eigenvalue weighted by Gasteiger charge is -2.32. The number of hydrogen-bond donors (Lipinski definition) is 0. The van der Waals surface area contributed by atoms with Gasteiger partial charge in [-0.3, -0.25) is 10.1 Å². The first-order chi connectivity index (χ1) is 14.2. The fraction of sp³-hybridized carbons (Fsp3) is 0.333. The average molecular weight is 404 g/mol. The molecular weight excluding hydrogens is 370 g/mol.